The highest BCUT2D eigenvalue weighted by molar-refractivity contribution is 5.81. The number of nitrogens with zero attached hydrogens (tertiary/aromatic N) is 2. The number of hydrogen-bond acceptors (Lipinski definition) is 3. The fraction of sp³-hybridized carbons (Fsp3) is 0.333. The Morgan fingerprint density at radius 3 is 3.06 bits per heavy atom. The van der Waals surface area contributed by atoms with Crippen molar-refractivity contribution in [1.82, 2.24) is 4.90 Å². The summed E-state index contributed by atoms with van der Waals surface area (Å²) in [6, 6.07) is 7.94. The Labute approximate surface area is 98.8 Å². The second kappa shape index (κ2) is 3.48. The van der Waals surface area contributed by atoms with Crippen LogP contribution in [-0.2, 0) is 5.54 Å². The first kappa shape index (κ1) is 10.1. The van der Waals surface area contributed by atoms with Crippen LogP contribution in [0.2, 0.25) is 0 Å². The van der Waals surface area contributed by atoms with Gasteiger partial charge in [-0.15, -0.1) is 0 Å². The van der Waals surface area contributed by atoms with Crippen molar-refractivity contribution in [3.63, 3.8) is 0 Å². The van der Waals surface area contributed by atoms with Crippen LogP contribution in [0, 0.1) is 0 Å². The van der Waals surface area contributed by atoms with Crippen molar-refractivity contribution in [3.8, 4) is 0 Å². The third-order valence-electron chi connectivity index (χ3n) is 3.48. The summed E-state index contributed by atoms with van der Waals surface area (Å²) >= 11 is 0. The van der Waals surface area contributed by atoms with E-state index >= 15 is 0 Å². The number of fused-ring (bicyclic) bond motifs is 2. The summed E-state index contributed by atoms with van der Waals surface area (Å²) in [5, 5.41) is 12.1. The number of benzene rings is 1. The first-order valence-electron chi connectivity index (χ1n) is 5.59. The standard InChI is InChI=1S/C12H13N3O2/c16-11(17)15-6-5-12(7-15)9-3-1-2-4-10(9)13-8-14-12/h1-4,8H,5-7H2,(H,13,14)(H,16,17). The molecule has 1 unspecified atom stereocenters. The van der Waals surface area contributed by atoms with Crippen molar-refractivity contribution in [1.29, 1.82) is 0 Å². The Balaban J connectivity index is 2.01. The van der Waals surface area contributed by atoms with Gasteiger partial charge in [0.2, 0.25) is 0 Å². The van der Waals surface area contributed by atoms with Crippen LogP contribution in [0.4, 0.5) is 10.5 Å². The maximum absolute atomic E-state index is 11.0. The van der Waals surface area contributed by atoms with Gasteiger partial charge in [-0.25, -0.2) is 4.79 Å². The lowest BCUT2D eigenvalue weighted by atomic mass is 9.87. The van der Waals surface area contributed by atoms with E-state index in [4.69, 9.17) is 5.11 Å². The summed E-state index contributed by atoms with van der Waals surface area (Å²) in [4.78, 5) is 16.9. The van der Waals surface area contributed by atoms with Gasteiger partial charge >= 0.3 is 6.09 Å². The van der Waals surface area contributed by atoms with Gasteiger partial charge in [-0.1, -0.05) is 18.2 Å². The van der Waals surface area contributed by atoms with E-state index in [2.05, 4.69) is 10.3 Å². The van der Waals surface area contributed by atoms with Crippen LogP contribution in [0.15, 0.2) is 29.3 Å². The fourth-order valence-corrected chi connectivity index (χ4v) is 2.59. The third kappa shape index (κ3) is 1.46. The number of nitrogens with one attached hydrogen (secondary N) is 1. The first-order chi connectivity index (χ1) is 8.21. The average molecular weight is 231 g/mol. The van der Waals surface area contributed by atoms with E-state index in [1.807, 2.05) is 24.3 Å². The van der Waals surface area contributed by atoms with Crippen LogP contribution in [0.3, 0.4) is 0 Å². The van der Waals surface area contributed by atoms with Crippen molar-refractivity contribution >= 4 is 18.1 Å². The van der Waals surface area contributed by atoms with E-state index < -0.39 is 6.09 Å². The summed E-state index contributed by atoms with van der Waals surface area (Å²) in [6.07, 6.45) is 1.55. The van der Waals surface area contributed by atoms with E-state index in [-0.39, 0.29) is 5.54 Å². The lowest BCUT2D eigenvalue weighted by Gasteiger charge is -2.30. The highest BCUT2D eigenvalue weighted by Crippen LogP contribution is 2.41. The van der Waals surface area contributed by atoms with E-state index in [1.54, 1.807) is 6.34 Å². The molecule has 1 amide bonds. The van der Waals surface area contributed by atoms with Crippen LogP contribution in [-0.4, -0.2) is 35.5 Å². The number of likely N-dealkylation sites (tertiary alicyclic amines) is 1. The number of rotatable bonds is 0. The molecule has 0 aliphatic carbocycles. The zero-order valence-electron chi connectivity index (χ0n) is 9.26. The Hall–Kier alpha value is -2.04. The number of anilines is 1. The molecular formula is C12H13N3O2. The molecule has 1 aromatic rings. The second-order valence-electron chi connectivity index (χ2n) is 4.43. The summed E-state index contributed by atoms with van der Waals surface area (Å²) < 4.78 is 0. The van der Waals surface area contributed by atoms with Crippen molar-refractivity contribution in [2.45, 2.75) is 12.0 Å². The highest BCUT2D eigenvalue weighted by Gasteiger charge is 2.43. The largest absolute Gasteiger partial charge is 0.465 e. The van der Waals surface area contributed by atoms with Crippen molar-refractivity contribution in [2.24, 2.45) is 4.99 Å². The van der Waals surface area contributed by atoms with Gasteiger partial charge in [0.15, 0.2) is 0 Å². The van der Waals surface area contributed by atoms with Crippen LogP contribution in [0.25, 0.3) is 0 Å². The lowest BCUT2D eigenvalue weighted by Crippen LogP contribution is -2.35. The first-order valence-corrected chi connectivity index (χ1v) is 5.59. The Morgan fingerprint density at radius 1 is 1.47 bits per heavy atom. The molecule has 1 aromatic carbocycles. The minimum atomic E-state index is -0.868. The molecule has 2 heterocycles. The quantitative estimate of drug-likeness (QED) is 0.714. The normalized spacial score (nSPS) is 25.8. The molecule has 5 nitrogen and oxygen atoms in total. The number of amides is 1. The number of aliphatic imine (C=N–C) groups is 1. The van der Waals surface area contributed by atoms with Crippen LogP contribution in [0.1, 0.15) is 12.0 Å². The minimum Gasteiger partial charge on any atom is -0.465 e. The molecule has 88 valence electrons. The van der Waals surface area contributed by atoms with Crippen LogP contribution >= 0.6 is 0 Å². The average Bonchev–Trinajstić information content (AvgIpc) is 2.75. The number of hydrogen-bond donors (Lipinski definition) is 2. The summed E-state index contributed by atoms with van der Waals surface area (Å²) in [6.45, 7) is 0.985. The molecule has 17 heavy (non-hydrogen) atoms. The maximum atomic E-state index is 11.0. The molecule has 5 heteroatoms. The summed E-state index contributed by atoms with van der Waals surface area (Å²) in [7, 11) is 0. The Kier molecular flexibility index (Phi) is 2.07. The van der Waals surface area contributed by atoms with E-state index in [9.17, 15) is 4.79 Å². The van der Waals surface area contributed by atoms with Gasteiger partial charge in [0, 0.05) is 17.8 Å². The van der Waals surface area contributed by atoms with Gasteiger partial charge in [0.1, 0.15) is 5.54 Å². The van der Waals surface area contributed by atoms with Crippen LogP contribution < -0.4 is 5.32 Å². The molecule has 1 atom stereocenters. The molecule has 0 aromatic heterocycles. The van der Waals surface area contributed by atoms with Crippen molar-refractivity contribution in [2.75, 3.05) is 18.4 Å². The van der Waals surface area contributed by atoms with Gasteiger partial charge < -0.3 is 15.3 Å². The molecule has 1 saturated heterocycles. The predicted octanol–water partition coefficient (Wildman–Crippen LogP) is 1.72. The van der Waals surface area contributed by atoms with Crippen LogP contribution in [0.5, 0.6) is 0 Å². The third-order valence-corrected chi connectivity index (χ3v) is 3.48. The molecular weight excluding hydrogens is 218 g/mol. The predicted molar refractivity (Wildman–Crippen MR) is 64.4 cm³/mol. The molecule has 0 radical (unpaired) electrons. The molecule has 2 N–H and O–H groups in total. The summed E-state index contributed by atoms with van der Waals surface area (Å²) in [5.41, 5.74) is 1.72. The highest BCUT2D eigenvalue weighted by atomic mass is 16.4. The van der Waals surface area contributed by atoms with Gasteiger partial charge in [-0.05, 0) is 12.5 Å². The number of carboxylic acid groups (broad SMARTS) is 1. The number of para-hydroxylation sites is 1. The van der Waals surface area contributed by atoms with E-state index in [0.717, 1.165) is 17.7 Å². The molecule has 1 spiro atoms. The second-order valence-corrected chi connectivity index (χ2v) is 4.43. The van der Waals surface area contributed by atoms with Gasteiger partial charge in [0.05, 0.1) is 12.9 Å². The van der Waals surface area contributed by atoms with E-state index in [1.165, 1.54) is 4.90 Å². The molecule has 1 fully saturated rings. The maximum Gasteiger partial charge on any atom is 0.407 e. The number of carbonyl (C=O) groups is 1. The van der Waals surface area contributed by atoms with Gasteiger partial charge in [-0.2, -0.15) is 0 Å². The molecule has 0 saturated carbocycles. The van der Waals surface area contributed by atoms with Gasteiger partial charge in [-0.3, -0.25) is 4.99 Å². The molecule has 0 bridgehead atoms. The molecule has 2 aliphatic rings. The lowest BCUT2D eigenvalue weighted by molar-refractivity contribution is 0.153. The topological polar surface area (TPSA) is 64.9 Å². The molecule has 2 aliphatic heterocycles. The minimum absolute atomic E-state index is 0.389. The Bertz CT molecular complexity index is 500. The van der Waals surface area contributed by atoms with Gasteiger partial charge in [0.25, 0.3) is 0 Å². The molecule has 3 rings (SSSR count). The van der Waals surface area contributed by atoms with Crippen molar-refractivity contribution in [3.05, 3.63) is 29.8 Å². The SMILES string of the molecule is O=C(O)N1CCC2(C1)N=CNc1ccccc12. The zero-order chi connectivity index (χ0) is 11.9. The summed E-state index contributed by atoms with van der Waals surface area (Å²) in [5.74, 6) is 0. The Morgan fingerprint density at radius 2 is 2.29 bits per heavy atom. The smallest absolute Gasteiger partial charge is 0.407 e. The zero-order valence-corrected chi connectivity index (χ0v) is 9.26. The van der Waals surface area contributed by atoms with Crippen molar-refractivity contribution < 1.29 is 9.90 Å². The fourth-order valence-electron chi connectivity index (χ4n) is 2.59. The monoisotopic (exact) mass is 231 g/mol. The van der Waals surface area contributed by atoms with E-state index in [0.29, 0.717) is 13.1 Å².